The Morgan fingerprint density at radius 1 is 0.352 bits per heavy atom. The molecule has 6 heterocycles. The molecule has 13 aromatic rings. The van der Waals surface area contributed by atoms with Gasteiger partial charge in [0.25, 0.3) is 0 Å². The molecular formula is C96H111ClF10N6O12. The number of halogens is 11. The molecule has 7 aromatic carbocycles. The molecule has 0 fully saturated rings. The predicted octanol–water partition coefficient (Wildman–Crippen LogP) is 26.7. The predicted molar refractivity (Wildman–Crippen MR) is 472 cm³/mol. The Kier molecular flexibility index (Phi) is 30.0. The number of benzene rings is 7. The molecule has 1 aliphatic rings. The highest BCUT2D eigenvalue weighted by Crippen LogP contribution is 2.43. The van der Waals surface area contributed by atoms with E-state index in [-0.39, 0.29) is 67.7 Å². The van der Waals surface area contributed by atoms with Crippen molar-refractivity contribution >= 4 is 101 Å². The number of hydrogen-bond donors (Lipinski definition) is 0. The zero-order chi connectivity index (χ0) is 94.0. The number of aromatic nitrogens is 6. The van der Waals surface area contributed by atoms with Crippen LogP contribution in [0.15, 0.2) is 140 Å². The molecular weight excluding hydrogens is 1650 g/mol. The van der Waals surface area contributed by atoms with Crippen LogP contribution in [0.5, 0.6) is 40.2 Å². The Bertz CT molecular complexity index is 6200. The molecule has 0 aliphatic heterocycles. The van der Waals surface area contributed by atoms with Crippen LogP contribution < -0.4 is 33.2 Å². The minimum absolute atomic E-state index is 0.00667. The monoisotopic (exact) mass is 1760 g/mol. The number of aryl methyl sites for hydroxylation is 3. The molecule has 6 aromatic heterocycles. The summed E-state index contributed by atoms with van der Waals surface area (Å²) in [5, 5.41) is 3.80. The van der Waals surface area contributed by atoms with Crippen molar-refractivity contribution in [2.75, 3.05) is 14.2 Å². The largest absolute Gasteiger partial charge is 0.488 e. The lowest BCUT2D eigenvalue weighted by molar-refractivity contribution is 0.0939. The van der Waals surface area contributed by atoms with Gasteiger partial charge in [-0.05, 0) is 232 Å². The zero-order valence-electron chi connectivity index (χ0n) is 76.1. The maximum Gasteiger partial charge on any atom is 0.418 e. The van der Waals surface area contributed by atoms with E-state index in [4.69, 9.17) is 44.8 Å². The third kappa shape index (κ3) is 24.9. The number of fused-ring (bicyclic) bond motifs is 7. The second-order valence-corrected chi connectivity index (χ2v) is 37.1. The Morgan fingerprint density at radius 2 is 0.760 bits per heavy atom. The molecule has 0 N–H and O–H groups in total. The molecule has 14 rings (SSSR count). The van der Waals surface area contributed by atoms with E-state index in [1.54, 1.807) is 141 Å². The molecule has 29 heteroatoms. The first-order valence-electron chi connectivity index (χ1n) is 39.9. The summed E-state index contributed by atoms with van der Waals surface area (Å²) < 4.78 is 197. The van der Waals surface area contributed by atoms with Gasteiger partial charge in [0, 0.05) is 151 Å². The summed E-state index contributed by atoms with van der Waals surface area (Å²) in [5.74, 6) is -5.46. The van der Waals surface area contributed by atoms with Gasteiger partial charge in [-0.25, -0.2) is 53.5 Å². The normalized spacial score (nSPS) is 12.4. The van der Waals surface area contributed by atoms with Gasteiger partial charge in [0.2, 0.25) is 5.91 Å². The summed E-state index contributed by atoms with van der Waals surface area (Å²) >= 11 is 6.32. The topological polar surface area (TPSA) is 164 Å². The third-order valence-corrected chi connectivity index (χ3v) is 18.4. The Morgan fingerprint density at radius 3 is 1.28 bits per heavy atom. The highest BCUT2D eigenvalue weighted by atomic mass is 35.5. The van der Waals surface area contributed by atoms with Crippen molar-refractivity contribution in [1.29, 1.82) is 0 Å². The number of carbonyl (C=O) groups excluding carboxylic acids is 3. The van der Waals surface area contributed by atoms with Gasteiger partial charge >= 0.3 is 12.2 Å². The second-order valence-electron chi connectivity index (χ2n) is 36.7. The summed E-state index contributed by atoms with van der Waals surface area (Å²) in [6.07, 6.45) is 8.94. The van der Waals surface area contributed by atoms with Crippen LogP contribution in [0, 0.1) is 58.2 Å². The molecule has 0 amide bonds. The van der Waals surface area contributed by atoms with E-state index >= 15 is 0 Å². The smallest absolute Gasteiger partial charge is 0.418 e. The van der Waals surface area contributed by atoms with Crippen molar-refractivity contribution in [2.45, 2.75) is 212 Å². The first-order chi connectivity index (χ1) is 57.5. The fourth-order valence-corrected chi connectivity index (χ4v) is 13.2. The molecule has 1 aliphatic carbocycles. The van der Waals surface area contributed by atoms with Crippen LogP contribution in [0.2, 0.25) is 5.02 Å². The second kappa shape index (κ2) is 38.0. The van der Waals surface area contributed by atoms with E-state index in [9.17, 15) is 58.3 Å². The lowest BCUT2D eigenvalue weighted by Gasteiger charge is -2.22. The van der Waals surface area contributed by atoms with Crippen LogP contribution in [-0.4, -0.2) is 98.9 Å². The summed E-state index contributed by atoms with van der Waals surface area (Å²) in [6, 6.07) is 24.4. The molecule has 0 spiro atoms. The van der Waals surface area contributed by atoms with E-state index < -0.39 is 98.3 Å². The van der Waals surface area contributed by atoms with E-state index in [1.807, 2.05) is 133 Å². The van der Waals surface area contributed by atoms with Crippen molar-refractivity contribution in [3.63, 3.8) is 0 Å². The van der Waals surface area contributed by atoms with E-state index in [1.165, 1.54) is 66.9 Å². The van der Waals surface area contributed by atoms with Crippen LogP contribution in [-0.2, 0) is 37.0 Å². The van der Waals surface area contributed by atoms with Gasteiger partial charge in [-0.3, -0.25) is 18.5 Å². The van der Waals surface area contributed by atoms with Crippen LogP contribution in [0.3, 0.4) is 0 Å². The summed E-state index contributed by atoms with van der Waals surface area (Å²) in [6.45, 7) is 43.5. The van der Waals surface area contributed by atoms with Gasteiger partial charge < -0.3 is 56.3 Å². The summed E-state index contributed by atoms with van der Waals surface area (Å²) in [7, 11) is 7.89. The molecule has 0 radical (unpaired) electrons. The third-order valence-electron chi connectivity index (χ3n) is 18.0. The quantitative estimate of drug-likeness (QED) is 0.139. The van der Waals surface area contributed by atoms with Gasteiger partial charge in [-0.15, -0.1) is 0 Å². The number of nitrogens with zero attached hydrogens (tertiary/aromatic N) is 6. The highest BCUT2D eigenvalue weighted by molar-refractivity contribution is 6.37. The molecule has 125 heavy (non-hydrogen) atoms. The Hall–Kier alpha value is -11.7. The average molecular weight is 1770 g/mol. The number of rotatable bonds is 7. The van der Waals surface area contributed by atoms with E-state index in [0.717, 1.165) is 50.6 Å². The van der Waals surface area contributed by atoms with Crippen molar-refractivity contribution < 1.29 is 101 Å². The standard InChI is InChI=1S/C15H18F2O.C14H15F2NO3.C14H16FNO3.C14H16FNO2.C13H16ClNO.2C13H15F2NO/c1-8-6-10-11(16)7-12(18-15(3,4)5)14(17)13(10)9(8)2;1-14(2,3)20-12-9(15)7-10-8(11(12)16)5-6-17(10)13(18)19-4;1-14(2,3)19-12-7-9-5-6-16(13(17)18-4)11(9)8-10(12)15;1-9(17)16-6-5-10-7-11(18-14(2,3)4)8-12(15)13(10)16;1-13(2,3)16-11-6-5-10-9(12(11)14)7-8-15(10)4;1-13(2,3)17-10-7-9(14)12-8(11(10)15)5-6-16(12)4;1-13(2,3)17-12-9(14)7-10-8(11(12)15)5-6-16(10)4/h7H,6H2,1-5H3;5-7H,1-4H3;5-8H,1-4H3;5-8H,1-4H3;5-8H,1-4H3;2*5-7H,1-4H3. The minimum Gasteiger partial charge on any atom is -0.488 e. The average Bonchev–Trinajstić information content (AvgIpc) is 1.66. The number of hydrogen-bond acceptors (Lipinski definition) is 12. The number of carbonyl (C=O) groups is 3. The fourth-order valence-electron chi connectivity index (χ4n) is 13.0. The molecule has 18 nitrogen and oxygen atoms in total. The maximum atomic E-state index is 14.4. The zero-order valence-corrected chi connectivity index (χ0v) is 76.9. The van der Waals surface area contributed by atoms with Crippen molar-refractivity contribution in [1.82, 2.24) is 27.4 Å². The molecule has 0 atom stereocenters. The molecule has 674 valence electrons. The van der Waals surface area contributed by atoms with Gasteiger partial charge in [0.05, 0.1) is 46.8 Å². The van der Waals surface area contributed by atoms with Crippen molar-refractivity contribution in [2.24, 2.45) is 21.1 Å². The minimum atomic E-state index is -0.867. The molecule has 0 saturated heterocycles. The van der Waals surface area contributed by atoms with Crippen LogP contribution in [0.4, 0.5) is 53.5 Å². The van der Waals surface area contributed by atoms with Gasteiger partial charge in [0.1, 0.15) is 56.5 Å². The van der Waals surface area contributed by atoms with Gasteiger partial charge in [-0.2, -0.15) is 0 Å². The fraction of sp³-hybridized carbons (Fsp3) is 0.385. The van der Waals surface area contributed by atoms with E-state index in [0.29, 0.717) is 61.0 Å². The number of allylic oxidation sites excluding steroid dienone is 2. The molecule has 0 unspecified atom stereocenters. The maximum absolute atomic E-state index is 14.4. The Balaban J connectivity index is 0.000000181. The molecule has 0 saturated carbocycles. The van der Waals surface area contributed by atoms with Gasteiger partial charge in [0.15, 0.2) is 81.1 Å². The van der Waals surface area contributed by atoms with E-state index in [2.05, 4.69) is 9.47 Å². The Labute approximate surface area is 727 Å². The molecule has 0 bridgehead atoms. The van der Waals surface area contributed by atoms with Crippen LogP contribution in [0.25, 0.3) is 71.0 Å². The highest BCUT2D eigenvalue weighted by Gasteiger charge is 2.31. The van der Waals surface area contributed by atoms with Crippen molar-refractivity contribution in [3.8, 4) is 40.2 Å². The van der Waals surface area contributed by atoms with Crippen LogP contribution >= 0.6 is 11.6 Å². The summed E-state index contributed by atoms with van der Waals surface area (Å²) in [5.41, 5.74) is 1.80. The lowest BCUT2D eigenvalue weighted by atomic mass is 10.0. The first-order valence-corrected chi connectivity index (χ1v) is 40.3. The first kappa shape index (κ1) is 98.8. The number of ether oxygens (including phenoxy) is 9. The lowest BCUT2D eigenvalue weighted by Crippen LogP contribution is -2.24. The van der Waals surface area contributed by atoms with Crippen molar-refractivity contribution in [3.05, 3.63) is 214 Å². The van der Waals surface area contributed by atoms with Gasteiger partial charge in [-0.1, -0.05) is 17.2 Å². The SMILES string of the molecule is CC(=O)n1ccc2cc(OC(C)(C)C)cc(F)c21.CC1=C(C)c2c(F)c(OC(C)(C)C)cc(F)c2C1.COC(=O)n1ccc2c(F)c(OC(C)(C)C)c(F)cc21.COC(=O)n1ccc2cc(OC(C)(C)C)c(F)cc21.Cn1ccc2c(Cl)c(OC(C)(C)C)ccc21.Cn1ccc2c(F)c(OC(C)(C)C)c(F)cc21.Cn1ccc2c(F)c(OC(C)(C)C)cc(F)c21. The summed E-state index contributed by atoms with van der Waals surface area (Å²) in [4.78, 5) is 34.3. The van der Waals surface area contributed by atoms with Crippen LogP contribution in [0.1, 0.15) is 182 Å². The number of methoxy groups -OCH3 is 2.